The molecule has 0 atom stereocenters. The van der Waals surface area contributed by atoms with Gasteiger partial charge in [-0.05, 0) is 13.8 Å². The van der Waals surface area contributed by atoms with Crippen molar-refractivity contribution in [2.75, 3.05) is 34.7 Å². The van der Waals surface area contributed by atoms with Crippen LogP contribution in [0, 0.1) is 0 Å². The number of hydrogen-bond donors (Lipinski definition) is 0. The van der Waals surface area contributed by atoms with Crippen LogP contribution in [0.15, 0.2) is 4.99 Å². The molecule has 0 amide bonds. The van der Waals surface area contributed by atoms with Crippen molar-refractivity contribution in [2.45, 2.75) is 26.4 Å². The third kappa shape index (κ3) is 9.20. The Morgan fingerprint density at radius 1 is 1.18 bits per heavy atom. The first-order chi connectivity index (χ1) is 7.34. The minimum absolute atomic E-state index is 0. The highest BCUT2D eigenvalue weighted by Gasteiger charge is 2.07. The number of carbonyl (C=O) groups excluding carboxylic acids is 1. The molecule has 0 spiro atoms. The molecule has 0 aliphatic rings. The molecule has 0 aromatic heterocycles. The third-order valence-corrected chi connectivity index (χ3v) is 1.74. The first-order valence-electron chi connectivity index (χ1n) is 5.43. The van der Waals surface area contributed by atoms with Gasteiger partial charge in [0.25, 0.3) is 0 Å². The fraction of sp³-hybridized carbons (Fsp3) is 0.818. The van der Waals surface area contributed by atoms with Crippen LogP contribution in [-0.2, 0) is 9.53 Å². The van der Waals surface area contributed by atoms with E-state index in [2.05, 4.69) is 4.99 Å². The Balaban J connectivity index is 0. The molecule has 0 saturated carbocycles. The molecule has 0 rings (SSSR count). The van der Waals surface area contributed by atoms with Crippen molar-refractivity contribution in [1.82, 2.24) is 9.80 Å². The lowest BCUT2D eigenvalue weighted by Gasteiger charge is -2.22. The van der Waals surface area contributed by atoms with E-state index in [-0.39, 0.29) is 36.0 Å². The Hall–Kier alpha value is -0.530. The van der Waals surface area contributed by atoms with Crippen LogP contribution in [0.2, 0.25) is 0 Å². The summed E-state index contributed by atoms with van der Waals surface area (Å²) in [7, 11) is 7.69. The maximum absolute atomic E-state index is 11.3. The summed E-state index contributed by atoms with van der Waals surface area (Å²) in [4.78, 5) is 19.4. The Morgan fingerprint density at radius 2 is 1.65 bits per heavy atom. The van der Waals surface area contributed by atoms with Crippen molar-refractivity contribution in [3.8, 4) is 0 Å². The quantitative estimate of drug-likeness (QED) is 0.331. The molecule has 6 heteroatoms. The van der Waals surface area contributed by atoms with Crippen molar-refractivity contribution < 1.29 is 9.53 Å². The van der Waals surface area contributed by atoms with Crippen LogP contribution in [0.1, 0.15) is 20.3 Å². The molecular formula is C11H24IN3O2. The summed E-state index contributed by atoms with van der Waals surface area (Å²) < 4.78 is 5.02. The predicted octanol–water partition coefficient (Wildman–Crippen LogP) is 1.43. The summed E-state index contributed by atoms with van der Waals surface area (Å²) >= 11 is 0. The van der Waals surface area contributed by atoms with Gasteiger partial charge in [-0.3, -0.25) is 9.79 Å². The number of aliphatic imine (C=N–C) groups is 1. The number of rotatable bonds is 4. The second-order valence-corrected chi connectivity index (χ2v) is 4.26. The third-order valence-electron chi connectivity index (χ3n) is 1.74. The van der Waals surface area contributed by atoms with Gasteiger partial charge >= 0.3 is 5.97 Å². The molecule has 0 aromatic rings. The summed E-state index contributed by atoms with van der Waals surface area (Å²) in [6.07, 6.45) is 0.266. The number of nitrogens with zero attached hydrogens (tertiary/aromatic N) is 3. The molecular weight excluding hydrogens is 333 g/mol. The van der Waals surface area contributed by atoms with Crippen LogP contribution >= 0.6 is 24.0 Å². The Morgan fingerprint density at radius 3 is 2.00 bits per heavy atom. The molecule has 0 aliphatic carbocycles. The Kier molecular flexibility index (Phi) is 10.5. The van der Waals surface area contributed by atoms with Crippen molar-refractivity contribution >= 4 is 35.9 Å². The minimum atomic E-state index is -0.199. The van der Waals surface area contributed by atoms with Gasteiger partial charge < -0.3 is 14.5 Å². The van der Waals surface area contributed by atoms with Crippen LogP contribution < -0.4 is 0 Å². The molecule has 0 N–H and O–H groups in total. The van der Waals surface area contributed by atoms with Crippen LogP contribution in [0.3, 0.4) is 0 Å². The zero-order valence-corrected chi connectivity index (χ0v) is 13.9. The monoisotopic (exact) mass is 357 g/mol. The van der Waals surface area contributed by atoms with Crippen LogP contribution in [0.4, 0.5) is 0 Å². The van der Waals surface area contributed by atoms with Gasteiger partial charge in [-0.1, -0.05) is 0 Å². The Bertz CT molecular complexity index is 243. The zero-order valence-electron chi connectivity index (χ0n) is 11.6. The van der Waals surface area contributed by atoms with Crippen molar-refractivity contribution in [3.63, 3.8) is 0 Å². The maximum Gasteiger partial charge on any atom is 0.307 e. The minimum Gasteiger partial charge on any atom is -0.463 e. The first kappa shape index (κ1) is 18.8. The molecule has 0 radical (unpaired) electrons. The SMILES string of the molecule is CC(C)OC(=O)CCN=C(N(C)C)N(C)C.I. The summed E-state index contributed by atoms with van der Waals surface area (Å²) in [5.41, 5.74) is 0. The number of carbonyl (C=O) groups is 1. The van der Waals surface area contributed by atoms with Gasteiger partial charge in [0.1, 0.15) is 0 Å². The van der Waals surface area contributed by atoms with Gasteiger partial charge in [0.05, 0.1) is 19.1 Å². The van der Waals surface area contributed by atoms with Crippen LogP contribution in [0.5, 0.6) is 0 Å². The molecule has 0 aromatic carbocycles. The van der Waals surface area contributed by atoms with Gasteiger partial charge in [-0.15, -0.1) is 24.0 Å². The first-order valence-corrected chi connectivity index (χ1v) is 5.43. The summed E-state index contributed by atoms with van der Waals surface area (Å²) in [5.74, 6) is 0.646. The lowest BCUT2D eigenvalue weighted by molar-refractivity contribution is -0.147. The topological polar surface area (TPSA) is 45.1 Å². The standard InChI is InChI=1S/C11H23N3O2.HI/c1-9(2)16-10(15)7-8-12-11(13(3)4)14(5)6;/h9H,7-8H2,1-6H3;1H. The fourth-order valence-corrected chi connectivity index (χ4v) is 1.25. The lowest BCUT2D eigenvalue weighted by Crippen LogP contribution is -2.35. The smallest absolute Gasteiger partial charge is 0.307 e. The number of ether oxygens (including phenoxy) is 1. The van der Waals surface area contributed by atoms with E-state index >= 15 is 0 Å². The van der Waals surface area contributed by atoms with Crippen LogP contribution in [0.25, 0.3) is 0 Å². The predicted molar refractivity (Wildman–Crippen MR) is 80.9 cm³/mol. The molecule has 0 aliphatic heterocycles. The molecule has 0 unspecified atom stereocenters. The highest BCUT2D eigenvalue weighted by molar-refractivity contribution is 14.0. The van der Waals surface area contributed by atoms with E-state index in [4.69, 9.17) is 4.74 Å². The number of esters is 1. The largest absolute Gasteiger partial charge is 0.463 e. The van der Waals surface area contributed by atoms with Crippen LogP contribution in [-0.4, -0.2) is 62.6 Å². The molecule has 17 heavy (non-hydrogen) atoms. The fourth-order valence-electron chi connectivity index (χ4n) is 1.25. The zero-order chi connectivity index (χ0) is 12.7. The maximum atomic E-state index is 11.3. The summed E-state index contributed by atoms with van der Waals surface area (Å²) in [5, 5.41) is 0. The molecule has 0 saturated heterocycles. The van der Waals surface area contributed by atoms with E-state index in [1.807, 2.05) is 51.8 Å². The highest BCUT2D eigenvalue weighted by Crippen LogP contribution is 1.95. The number of guanidine groups is 1. The second-order valence-electron chi connectivity index (χ2n) is 4.26. The number of hydrogen-bond acceptors (Lipinski definition) is 3. The highest BCUT2D eigenvalue weighted by atomic mass is 127. The number of halogens is 1. The molecule has 0 heterocycles. The van der Waals surface area contributed by atoms with Gasteiger partial charge in [0, 0.05) is 28.2 Å². The van der Waals surface area contributed by atoms with E-state index in [0.29, 0.717) is 13.0 Å². The Labute approximate surface area is 121 Å². The second kappa shape index (κ2) is 9.49. The van der Waals surface area contributed by atoms with Crippen molar-refractivity contribution in [2.24, 2.45) is 4.99 Å². The summed E-state index contributed by atoms with van der Waals surface area (Å²) in [6, 6.07) is 0. The summed E-state index contributed by atoms with van der Waals surface area (Å²) in [6.45, 7) is 4.13. The molecule has 0 bridgehead atoms. The average molecular weight is 357 g/mol. The molecule has 5 nitrogen and oxygen atoms in total. The van der Waals surface area contributed by atoms with Gasteiger partial charge in [0.2, 0.25) is 0 Å². The molecule has 102 valence electrons. The lowest BCUT2D eigenvalue weighted by atomic mass is 10.4. The average Bonchev–Trinajstić information content (AvgIpc) is 2.09. The van der Waals surface area contributed by atoms with E-state index in [9.17, 15) is 4.79 Å². The van der Waals surface area contributed by atoms with Gasteiger partial charge in [-0.25, -0.2) is 0 Å². The van der Waals surface area contributed by atoms with Crippen molar-refractivity contribution in [1.29, 1.82) is 0 Å². The van der Waals surface area contributed by atoms with E-state index in [1.54, 1.807) is 0 Å². The van der Waals surface area contributed by atoms with Crippen molar-refractivity contribution in [3.05, 3.63) is 0 Å². The van der Waals surface area contributed by atoms with Gasteiger partial charge in [-0.2, -0.15) is 0 Å². The normalized spacial score (nSPS) is 9.35. The van der Waals surface area contributed by atoms with Gasteiger partial charge in [0.15, 0.2) is 5.96 Å². The van der Waals surface area contributed by atoms with E-state index < -0.39 is 0 Å². The van der Waals surface area contributed by atoms with E-state index in [0.717, 1.165) is 5.96 Å². The molecule has 0 fully saturated rings. The van der Waals surface area contributed by atoms with E-state index in [1.165, 1.54) is 0 Å².